The number of H-pyrrole nitrogens is 1. The standard InChI is InChI=1S/C10H9F3N6O/c1-5-2-3-6(15-4-5)7-16-8(18-9(20)17-7)19(14)10(11,12)13/h2-4H,14H2,1H3,(H,16,17,18,20). The van der Waals surface area contributed by atoms with Crippen LogP contribution in [-0.2, 0) is 0 Å². The summed E-state index contributed by atoms with van der Waals surface area (Å²) in [5, 5.41) is -0.639. The van der Waals surface area contributed by atoms with Crippen molar-refractivity contribution < 1.29 is 13.2 Å². The van der Waals surface area contributed by atoms with Crippen LogP contribution in [-0.4, -0.2) is 26.2 Å². The highest BCUT2D eigenvalue weighted by atomic mass is 19.4. The molecule has 0 aromatic carbocycles. The number of hydrogen-bond acceptors (Lipinski definition) is 6. The molecule has 0 atom stereocenters. The van der Waals surface area contributed by atoms with Gasteiger partial charge in [0.25, 0.3) is 5.95 Å². The summed E-state index contributed by atoms with van der Waals surface area (Å²) in [6, 6.07) is 3.18. The minimum Gasteiger partial charge on any atom is -0.288 e. The molecule has 2 heterocycles. The summed E-state index contributed by atoms with van der Waals surface area (Å²) in [4.78, 5) is 24.1. The summed E-state index contributed by atoms with van der Waals surface area (Å²) in [6.07, 6.45) is -3.41. The molecule has 0 saturated carbocycles. The van der Waals surface area contributed by atoms with Crippen molar-refractivity contribution in [2.45, 2.75) is 13.2 Å². The monoisotopic (exact) mass is 286 g/mol. The van der Waals surface area contributed by atoms with Crippen LogP contribution in [0.25, 0.3) is 11.5 Å². The van der Waals surface area contributed by atoms with E-state index >= 15 is 0 Å². The zero-order valence-corrected chi connectivity index (χ0v) is 10.1. The van der Waals surface area contributed by atoms with E-state index in [2.05, 4.69) is 19.9 Å². The molecule has 0 radical (unpaired) electrons. The van der Waals surface area contributed by atoms with E-state index in [9.17, 15) is 18.0 Å². The largest absolute Gasteiger partial charge is 0.501 e. The Hall–Kier alpha value is -2.49. The summed E-state index contributed by atoms with van der Waals surface area (Å²) >= 11 is 0. The van der Waals surface area contributed by atoms with Crippen molar-refractivity contribution in [2.75, 3.05) is 5.01 Å². The lowest BCUT2D eigenvalue weighted by atomic mass is 10.3. The fourth-order valence-electron chi connectivity index (χ4n) is 1.32. The number of hydrazine groups is 1. The Morgan fingerprint density at radius 2 is 2.00 bits per heavy atom. The first-order valence-electron chi connectivity index (χ1n) is 5.30. The van der Waals surface area contributed by atoms with Crippen LogP contribution in [0.1, 0.15) is 5.56 Å². The van der Waals surface area contributed by atoms with Crippen LogP contribution >= 0.6 is 0 Å². The van der Waals surface area contributed by atoms with Gasteiger partial charge in [-0.25, -0.2) is 10.6 Å². The summed E-state index contributed by atoms with van der Waals surface area (Å²) in [5.41, 5.74) is 0.0418. The number of pyridine rings is 1. The van der Waals surface area contributed by atoms with Crippen molar-refractivity contribution >= 4 is 5.95 Å². The van der Waals surface area contributed by atoms with Crippen molar-refractivity contribution in [3.05, 3.63) is 34.4 Å². The van der Waals surface area contributed by atoms with Gasteiger partial charge < -0.3 is 0 Å². The highest BCUT2D eigenvalue weighted by Gasteiger charge is 2.37. The molecule has 20 heavy (non-hydrogen) atoms. The summed E-state index contributed by atoms with van der Waals surface area (Å²) in [5.74, 6) is 3.71. The first kappa shape index (κ1) is 13.9. The molecule has 0 unspecified atom stereocenters. The Bertz CT molecular complexity index is 666. The third-order valence-corrected chi connectivity index (χ3v) is 2.28. The maximum Gasteiger partial charge on any atom is 0.501 e. The molecule has 0 spiro atoms. The second-order valence-electron chi connectivity index (χ2n) is 3.86. The highest BCUT2D eigenvalue weighted by Crippen LogP contribution is 2.22. The second kappa shape index (κ2) is 4.89. The van der Waals surface area contributed by atoms with Crippen LogP contribution in [0.5, 0.6) is 0 Å². The maximum atomic E-state index is 12.4. The molecule has 7 nitrogen and oxygen atoms in total. The van der Waals surface area contributed by atoms with Crippen LogP contribution in [0.15, 0.2) is 23.1 Å². The van der Waals surface area contributed by atoms with Gasteiger partial charge >= 0.3 is 12.0 Å². The van der Waals surface area contributed by atoms with Crippen molar-refractivity contribution in [3.63, 3.8) is 0 Å². The summed E-state index contributed by atoms with van der Waals surface area (Å²) < 4.78 is 37.3. The van der Waals surface area contributed by atoms with Crippen LogP contribution in [0.3, 0.4) is 0 Å². The van der Waals surface area contributed by atoms with Gasteiger partial charge in [0.05, 0.1) is 0 Å². The van der Waals surface area contributed by atoms with Gasteiger partial charge in [-0.2, -0.15) is 15.0 Å². The van der Waals surface area contributed by atoms with E-state index in [0.29, 0.717) is 0 Å². The second-order valence-corrected chi connectivity index (χ2v) is 3.86. The van der Waals surface area contributed by atoms with Gasteiger partial charge in [0, 0.05) is 6.20 Å². The average molecular weight is 286 g/mol. The number of aryl methyl sites for hydroxylation is 1. The van der Waals surface area contributed by atoms with Crippen LogP contribution in [0, 0.1) is 6.92 Å². The number of rotatable bonds is 2. The highest BCUT2D eigenvalue weighted by molar-refractivity contribution is 5.50. The van der Waals surface area contributed by atoms with E-state index in [0.717, 1.165) is 5.56 Å². The number of halogens is 3. The van der Waals surface area contributed by atoms with E-state index in [1.54, 1.807) is 13.0 Å². The summed E-state index contributed by atoms with van der Waals surface area (Å²) in [6.45, 7) is 1.79. The number of alkyl halides is 3. The fraction of sp³-hybridized carbons (Fsp3) is 0.200. The van der Waals surface area contributed by atoms with Crippen molar-refractivity contribution in [2.24, 2.45) is 5.84 Å². The van der Waals surface area contributed by atoms with E-state index in [1.807, 2.05) is 0 Å². The summed E-state index contributed by atoms with van der Waals surface area (Å²) in [7, 11) is 0. The number of nitrogens with two attached hydrogens (primary N) is 1. The van der Waals surface area contributed by atoms with Crippen molar-refractivity contribution in [1.82, 2.24) is 19.9 Å². The molecule has 0 aliphatic heterocycles. The van der Waals surface area contributed by atoms with Crippen molar-refractivity contribution in [1.29, 1.82) is 0 Å². The molecular formula is C10H9F3N6O. The maximum absolute atomic E-state index is 12.4. The molecule has 0 fully saturated rings. The minimum atomic E-state index is -4.90. The number of nitrogens with one attached hydrogen (secondary N) is 1. The lowest BCUT2D eigenvalue weighted by Gasteiger charge is -2.18. The Morgan fingerprint density at radius 1 is 1.30 bits per heavy atom. The number of aromatic nitrogens is 4. The molecule has 2 aromatic rings. The Balaban J connectivity index is 2.49. The number of anilines is 1. The minimum absolute atomic E-state index is 0.153. The molecular weight excluding hydrogens is 277 g/mol. The molecule has 0 saturated heterocycles. The molecule has 0 bridgehead atoms. The lowest BCUT2D eigenvalue weighted by Crippen LogP contribution is -2.46. The predicted octanol–water partition coefficient (Wildman–Crippen LogP) is 0.735. The Kier molecular flexibility index (Phi) is 3.40. The van der Waals surface area contributed by atoms with Gasteiger partial charge in [0.15, 0.2) is 5.82 Å². The van der Waals surface area contributed by atoms with Crippen molar-refractivity contribution in [3.8, 4) is 11.5 Å². The smallest absolute Gasteiger partial charge is 0.288 e. The van der Waals surface area contributed by atoms with E-state index in [4.69, 9.17) is 5.84 Å². The Labute approximate surface area is 110 Å². The van der Waals surface area contributed by atoms with Gasteiger partial charge in [-0.1, -0.05) is 6.07 Å². The van der Waals surface area contributed by atoms with Gasteiger partial charge in [0.2, 0.25) is 0 Å². The molecule has 3 N–H and O–H groups in total. The molecule has 0 aliphatic carbocycles. The molecule has 2 rings (SSSR count). The first-order valence-corrected chi connectivity index (χ1v) is 5.30. The molecule has 10 heteroatoms. The predicted molar refractivity (Wildman–Crippen MR) is 63.3 cm³/mol. The van der Waals surface area contributed by atoms with Gasteiger partial charge in [-0.15, -0.1) is 13.2 Å². The van der Waals surface area contributed by atoms with Gasteiger partial charge in [-0.3, -0.25) is 9.97 Å². The molecule has 0 amide bonds. The quantitative estimate of drug-likeness (QED) is 0.479. The molecule has 0 aliphatic rings. The number of aromatic amines is 1. The van der Waals surface area contributed by atoms with Crippen LogP contribution in [0.2, 0.25) is 0 Å². The van der Waals surface area contributed by atoms with E-state index in [-0.39, 0.29) is 11.5 Å². The topological polar surface area (TPSA) is 101 Å². The van der Waals surface area contributed by atoms with E-state index < -0.39 is 22.9 Å². The fourth-order valence-corrected chi connectivity index (χ4v) is 1.32. The normalized spacial score (nSPS) is 11.4. The van der Waals surface area contributed by atoms with Crippen LogP contribution < -0.4 is 16.5 Å². The Morgan fingerprint density at radius 3 is 2.55 bits per heavy atom. The molecule has 106 valence electrons. The zero-order valence-electron chi connectivity index (χ0n) is 10.1. The lowest BCUT2D eigenvalue weighted by molar-refractivity contribution is -0.130. The average Bonchev–Trinajstić information content (AvgIpc) is 2.37. The third kappa shape index (κ3) is 2.91. The zero-order chi connectivity index (χ0) is 14.9. The molecule has 2 aromatic heterocycles. The number of hydrogen-bond donors (Lipinski definition) is 2. The van der Waals surface area contributed by atoms with Gasteiger partial charge in [0.1, 0.15) is 5.69 Å². The number of nitrogens with zero attached hydrogens (tertiary/aromatic N) is 4. The van der Waals surface area contributed by atoms with Gasteiger partial charge in [-0.05, 0) is 18.6 Å². The SMILES string of the molecule is Cc1ccc(-c2nc(N(N)C(F)(F)F)nc(=O)[nH]2)nc1. The van der Waals surface area contributed by atoms with E-state index in [1.165, 1.54) is 12.3 Å². The van der Waals surface area contributed by atoms with Crippen LogP contribution in [0.4, 0.5) is 19.1 Å². The third-order valence-electron chi connectivity index (χ3n) is 2.28. The first-order chi connectivity index (χ1) is 9.27.